The molecule has 5 rings (SSSR count). The number of nitrogens with zero attached hydrogens (tertiary/aromatic N) is 2. The number of carbonyl (C=O) groups is 2. The van der Waals surface area contributed by atoms with Gasteiger partial charge in [0.2, 0.25) is 5.78 Å². The monoisotopic (exact) mass is 490 g/mol. The maximum absolute atomic E-state index is 13.2. The zero-order valence-corrected chi connectivity index (χ0v) is 20.7. The zero-order valence-electron chi connectivity index (χ0n) is 20.7. The molecule has 188 valence electrons. The van der Waals surface area contributed by atoms with Crippen molar-refractivity contribution in [3.63, 3.8) is 0 Å². The van der Waals surface area contributed by atoms with Crippen LogP contribution in [0.25, 0.3) is 17.0 Å². The van der Waals surface area contributed by atoms with Gasteiger partial charge in [0.25, 0.3) is 0 Å². The van der Waals surface area contributed by atoms with Gasteiger partial charge in [-0.15, -0.1) is 0 Å². The van der Waals surface area contributed by atoms with E-state index in [0.29, 0.717) is 17.0 Å². The van der Waals surface area contributed by atoms with Gasteiger partial charge in [-0.2, -0.15) is 0 Å². The lowest BCUT2D eigenvalue weighted by Gasteiger charge is -2.27. The lowest BCUT2D eigenvalue weighted by atomic mass is 10.1. The second kappa shape index (κ2) is 10.0. The Bertz CT molecular complexity index is 1350. The normalized spacial score (nSPS) is 16.8. The molecule has 0 bridgehead atoms. The summed E-state index contributed by atoms with van der Waals surface area (Å²) in [6, 6.07) is 10.7. The van der Waals surface area contributed by atoms with E-state index in [1.807, 2.05) is 18.2 Å². The van der Waals surface area contributed by atoms with E-state index >= 15 is 0 Å². The van der Waals surface area contributed by atoms with Gasteiger partial charge in [-0.3, -0.25) is 9.69 Å². The van der Waals surface area contributed by atoms with Crippen LogP contribution < -0.4 is 20.1 Å². The predicted molar refractivity (Wildman–Crippen MR) is 138 cm³/mol. The number of carbonyl (C=O) groups excluding carboxylic acids is 2. The molecule has 9 heteroatoms. The van der Waals surface area contributed by atoms with Gasteiger partial charge in [0.1, 0.15) is 11.5 Å². The standard InChI is InChI=1S/C27H30N4O5/c1-17-20(16-25-26(32)22-14-18(29-27(33)28-2)4-7-24(22)36-25)21-15-19(34-3)5-6-23(21)31(17)9-8-30-10-12-35-13-11-30/h4-7,14-16H,8-13H2,1-3H3,(H2,28,29,33). The van der Waals surface area contributed by atoms with Gasteiger partial charge in [0.05, 0.1) is 25.9 Å². The number of urea groups is 1. The van der Waals surface area contributed by atoms with Gasteiger partial charge in [-0.25, -0.2) is 4.79 Å². The number of hydrogen-bond donors (Lipinski definition) is 2. The van der Waals surface area contributed by atoms with Crippen LogP contribution in [0.2, 0.25) is 0 Å². The summed E-state index contributed by atoms with van der Waals surface area (Å²) in [7, 11) is 3.18. The first-order valence-electron chi connectivity index (χ1n) is 12.0. The third kappa shape index (κ3) is 4.55. The molecule has 3 aromatic rings. The van der Waals surface area contributed by atoms with Crippen molar-refractivity contribution in [3.8, 4) is 11.5 Å². The molecule has 0 saturated carbocycles. The summed E-state index contributed by atoms with van der Waals surface area (Å²) >= 11 is 0. The number of nitrogens with one attached hydrogen (secondary N) is 2. The van der Waals surface area contributed by atoms with Crippen molar-refractivity contribution in [2.45, 2.75) is 13.5 Å². The molecular weight excluding hydrogens is 460 g/mol. The van der Waals surface area contributed by atoms with E-state index in [1.165, 1.54) is 7.05 Å². The van der Waals surface area contributed by atoms with Gasteiger partial charge in [-0.05, 0) is 49.4 Å². The lowest BCUT2D eigenvalue weighted by molar-refractivity contribution is 0.0365. The molecule has 0 atom stereocenters. The highest BCUT2D eigenvalue weighted by Gasteiger charge is 2.29. The Morgan fingerprint density at radius 2 is 1.94 bits per heavy atom. The number of benzene rings is 2. The minimum absolute atomic E-state index is 0.220. The van der Waals surface area contributed by atoms with E-state index in [-0.39, 0.29) is 17.6 Å². The SMILES string of the molecule is CNC(=O)Nc1ccc2c(c1)C(=O)C(=Cc1c(C)n(CCN3CCOCC3)c3ccc(OC)cc13)O2. The van der Waals surface area contributed by atoms with E-state index in [2.05, 4.69) is 33.1 Å². The third-order valence-electron chi connectivity index (χ3n) is 6.75. The van der Waals surface area contributed by atoms with Crippen LogP contribution in [0.4, 0.5) is 10.5 Å². The maximum Gasteiger partial charge on any atom is 0.318 e. The van der Waals surface area contributed by atoms with E-state index in [1.54, 1.807) is 25.3 Å². The van der Waals surface area contributed by atoms with E-state index in [9.17, 15) is 9.59 Å². The molecule has 0 unspecified atom stereocenters. The fourth-order valence-electron chi connectivity index (χ4n) is 4.74. The number of morpholine rings is 1. The highest BCUT2D eigenvalue weighted by molar-refractivity contribution is 6.16. The summed E-state index contributed by atoms with van der Waals surface area (Å²) in [4.78, 5) is 27.3. The summed E-state index contributed by atoms with van der Waals surface area (Å²) in [5.74, 6) is 1.25. The van der Waals surface area contributed by atoms with Gasteiger partial charge < -0.3 is 29.4 Å². The number of aromatic nitrogens is 1. The zero-order chi connectivity index (χ0) is 25.2. The Balaban J connectivity index is 1.49. The van der Waals surface area contributed by atoms with Crippen molar-refractivity contribution in [1.82, 2.24) is 14.8 Å². The number of rotatable bonds is 6. The summed E-state index contributed by atoms with van der Waals surface area (Å²) in [5.41, 5.74) is 3.99. The van der Waals surface area contributed by atoms with Crippen LogP contribution >= 0.6 is 0 Å². The topological polar surface area (TPSA) is 94.1 Å². The number of Topliss-reactive ketones (excluding diaryl/α,β-unsaturated/α-hetero) is 1. The molecule has 2 N–H and O–H groups in total. The molecule has 9 nitrogen and oxygen atoms in total. The molecular formula is C27H30N4O5. The Hall–Kier alpha value is -3.82. The van der Waals surface area contributed by atoms with Crippen LogP contribution in [0.5, 0.6) is 11.5 Å². The van der Waals surface area contributed by atoms with Crippen LogP contribution in [0.1, 0.15) is 21.6 Å². The number of amides is 2. The molecule has 1 aromatic heterocycles. The number of fused-ring (bicyclic) bond motifs is 2. The molecule has 3 heterocycles. The predicted octanol–water partition coefficient (Wildman–Crippen LogP) is 3.66. The van der Waals surface area contributed by atoms with Gasteiger partial charge in [0.15, 0.2) is 5.76 Å². The second-order valence-electron chi connectivity index (χ2n) is 8.84. The first-order valence-corrected chi connectivity index (χ1v) is 12.0. The van der Waals surface area contributed by atoms with E-state index < -0.39 is 0 Å². The van der Waals surface area contributed by atoms with Crippen molar-refractivity contribution in [1.29, 1.82) is 0 Å². The minimum Gasteiger partial charge on any atom is -0.497 e. The smallest absolute Gasteiger partial charge is 0.318 e. The Morgan fingerprint density at radius 1 is 1.14 bits per heavy atom. The van der Waals surface area contributed by atoms with E-state index in [4.69, 9.17) is 14.2 Å². The van der Waals surface area contributed by atoms with Crippen LogP contribution in [-0.2, 0) is 11.3 Å². The summed E-state index contributed by atoms with van der Waals surface area (Å²) in [5, 5.41) is 6.19. The van der Waals surface area contributed by atoms with Gasteiger partial charge in [0, 0.05) is 61.1 Å². The van der Waals surface area contributed by atoms with E-state index in [0.717, 1.165) is 67.3 Å². The molecule has 1 fully saturated rings. The maximum atomic E-state index is 13.2. The Labute approximate surface area is 209 Å². The molecule has 2 aliphatic heterocycles. The number of anilines is 1. The average Bonchev–Trinajstić information content (AvgIpc) is 3.35. The molecule has 2 amide bonds. The number of ketones is 1. The first kappa shape index (κ1) is 23.9. The molecule has 2 aromatic carbocycles. The van der Waals surface area contributed by atoms with Crippen molar-refractivity contribution >= 4 is 34.5 Å². The van der Waals surface area contributed by atoms with Gasteiger partial charge in [-0.1, -0.05) is 0 Å². The van der Waals surface area contributed by atoms with Crippen LogP contribution in [0, 0.1) is 6.92 Å². The van der Waals surface area contributed by atoms with Gasteiger partial charge >= 0.3 is 6.03 Å². The average molecular weight is 491 g/mol. The number of methoxy groups -OCH3 is 1. The fourth-order valence-corrected chi connectivity index (χ4v) is 4.74. The Morgan fingerprint density at radius 3 is 2.69 bits per heavy atom. The molecule has 1 saturated heterocycles. The quantitative estimate of drug-likeness (QED) is 0.513. The fraction of sp³-hybridized carbons (Fsp3) is 0.333. The highest BCUT2D eigenvalue weighted by Crippen LogP contribution is 2.36. The van der Waals surface area contributed by atoms with Crippen molar-refractivity contribution < 1.29 is 23.8 Å². The first-order chi connectivity index (χ1) is 17.5. The largest absolute Gasteiger partial charge is 0.497 e. The molecule has 0 aliphatic carbocycles. The molecule has 2 aliphatic rings. The van der Waals surface area contributed by atoms with Crippen LogP contribution in [-0.4, -0.2) is 68.3 Å². The number of allylic oxidation sites excluding steroid dienone is 1. The van der Waals surface area contributed by atoms with Crippen LogP contribution in [0.3, 0.4) is 0 Å². The number of ether oxygens (including phenoxy) is 3. The molecule has 36 heavy (non-hydrogen) atoms. The lowest BCUT2D eigenvalue weighted by Crippen LogP contribution is -2.38. The minimum atomic E-state index is -0.355. The summed E-state index contributed by atoms with van der Waals surface area (Å²) in [6.45, 7) is 7.19. The highest BCUT2D eigenvalue weighted by atomic mass is 16.5. The third-order valence-corrected chi connectivity index (χ3v) is 6.75. The Kier molecular flexibility index (Phi) is 6.67. The van der Waals surface area contributed by atoms with Crippen molar-refractivity contribution in [3.05, 3.63) is 59.0 Å². The summed E-state index contributed by atoms with van der Waals surface area (Å²) < 4.78 is 19.2. The number of hydrogen-bond acceptors (Lipinski definition) is 6. The second-order valence-corrected chi connectivity index (χ2v) is 8.84. The molecule has 0 radical (unpaired) electrons. The molecule has 0 spiro atoms. The van der Waals surface area contributed by atoms with Crippen LogP contribution in [0.15, 0.2) is 42.2 Å². The van der Waals surface area contributed by atoms with Crippen molar-refractivity contribution in [2.75, 3.05) is 52.3 Å². The summed E-state index contributed by atoms with van der Waals surface area (Å²) in [6.07, 6.45) is 1.82. The van der Waals surface area contributed by atoms with Crippen molar-refractivity contribution in [2.24, 2.45) is 0 Å².